The highest BCUT2D eigenvalue weighted by Crippen LogP contribution is 2.21. The minimum absolute atomic E-state index is 0.0298. The van der Waals surface area contributed by atoms with Gasteiger partial charge >= 0.3 is 0 Å². The number of carbonyl (C=O) groups excluding carboxylic acids is 1. The molecule has 1 aromatic carbocycles. The lowest BCUT2D eigenvalue weighted by molar-refractivity contribution is 0.0793. The quantitative estimate of drug-likeness (QED) is 0.636. The molecule has 0 bridgehead atoms. The fourth-order valence-electron chi connectivity index (χ4n) is 4.08. The first-order chi connectivity index (χ1) is 13.1. The Kier molecular flexibility index (Phi) is 5.25. The van der Waals surface area contributed by atoms with Gasteiger partial charge in [0, 0.05) is 25.2 Å². The molecule has 2 aromatic rings. The van der Waals surface area contributed by atoms with Crippen LogP contribution >= 0.6 is 12.2 Å². The molecule has 4 rings (SSSR count). The molecule has 1 aromatic heterocycles. The van der Waals surface area contributed by atoms with Gasteiger partial charge in [-0.1, -0.05) is 11.6 Å². The number of nitrogens with zero attached hydrogens (tertiary/aromatic N) is 2. The lowest BCUT2D eigenvalue weighted by Crippen LogP contribution is -2.28. The number of carbonyl (C=O) groups is 1. The first kappa shape index (κ1) is 18.2. The zero-order valence-corrected chi connectivity index (χ0v) is 16.3. The molecule has 1 aliphatic heterocycles. The summed E-state index contributed by atoms with van der Waals surface area (Å²) in [5.74, 6) is 0.0298. The first-order valence-electron chi connectivity index (χ1n) is 9.87. The van der Waals surface area contributed by atoms with Gasteiger partial charge in [-0.15, -0.1) is 0 Å². The number of benzene rings is 1. The molecule has 0 radical (unpaired) electrons. The highest BCUT2D eigenvalue weighted by Gasteiger charge is 2.20. The number of allylic oxidation sites excluding steroid dienone is 2. The van der Waals surface area contributed by atoms with Gasteiger partial charge in [0.1, 0.15) is 0 Å². The van der Waals surface area contributed by atoms with Crippen LogP contribution in [0.5, 0.6) is 0 Å². The second-order valence-electron chi connectivity index (χ2n) is 7.50. The van der Waals surface area contributed by atoms with Crippen LogP contribution in [0.15, 0.2) is 34.6 Å². The van der Waals surface area contributed by atoms with Crippen molar-refractivity contribution in [2.75, 3.05) is 13.1 Å². The van der Waals surface area contributed by atoms with Gasteiger partial charge in [0.25, 0.3) is 11.5 Å². The predicted octanol–water partition coefficient (Wildman–Crippen LogP) is 4.19. The number of amides is 1. The van der Waals surface area contributed by atoms with E-state index in [1.807, 2.05) is 4.90 Å². The van der Waals surface area contributed by atoms with Crippen LogP contribution in [0.3, 0.4) is 0 Å². The Morgan fingerprint density at radius 3 is 2.70 bits per heavy atom. The van der Waals surface area contributed by atoms with Crippen LogP contribution in [0.4, 0.5) is 0 Å². The van der Waals surface area contributed by atoms with Crippen molar-refractivity contribution in [3.63, 3.8) is 0 Å². The highest BCUT2D eigenvalue weighted by atomic mass is 32.1. The number of hydrogen-bond donors (Lipinski definition) is 1. The molecule has 1 amide bonds. The smallest absolute Gasteiger partial charge is 0.262 e. The third-order valence-corrected chi connectivity index (χ3v) is 5.99. The fraction of sp³-hybridized carbons (Fsp3) is 0.476. The molecule has 0 spiro atoms. The van der Waals surface area contributed by atoms with E-state index in [0.29, 0.717) is 27.8 Å². The fourth-order valence-corrected chi connectivity index (χ4v) is 4.36. The molecule has 1 fully saturated rings. The van der Waals surface area contributed by atoms with Gasteiger partial charge in [-0.05, 0) is 75.4 Å². The second kappa shape index (κ2) is 7.80. The van der Waals surface area contributed by atoms with E-state index in [9.17, 15) is 9.59 Å². The Balaban J connectivity index is 1.62. The Bertz CT molecular complexity index is 1010. The largest absolute Gasteiger partial charge is 0.339 e. The summed E-state index contributed by atoms with van der Waals surface area (Å²) in [6.07, 6.45) is 10.1. The maximum absolute atomic E-state index is 12.9. The molecule has 2 aliphatic rings. The van der Waals surface area contributed by atoms with Crippen LogP contribution in [-0.2, 0) is 6.54 Å². The maximum Gasteiger partial charge on any atom is 0.262 e. The number of H-pyrrole nitrogens is 1. The number of hydrogen-bond acceptors (Lipinski definition) is 3. The van der Waals surface area contributed by atoms with Crippen molar-refractivity contribution in [2.45, 2.75) is 51.5 Å². The van der Waals surface area contributed by atoms with Crippen molar-refractivity contribution in [3.05, 3.63) is 50.5 Å². The van der Waals surface area contributed by atoms with Gasteiger partial charge in [-0.25, -0.2) is 0 Å². The summed E-state index contributed by atoms with van der Waals surface area (Å²) in [6.45, 7) is 2.22. The summed E-state index contributed by atoms with van der Waals surface area (Å²) in [7, 11) is 0. The third kappa shape index (κ3) is 3.76. The molecule has 0 unspecified atom stereocenters. The first-order valence-corrected chi connectivity index (χ1v) is 10.3. The molecule has 2 heterocycles. The summed E-state index contributed by atoms with van der Waals surface area (Å²) in [5.41, 5.74) is 2.60. The average Bonchev–Trinajstić information content (AvgIpc) is 3.22. The van der Waals surface area contributed by atoms with Gasteiger partial charge in [-0.2, -0.15) is 0 Å². The Labute approximate surface area is 163 Å². The zero-order chi connectivity index (χ0) is 18.8. The number of aromatic nitrogens is 2. The summed E-state index contributed by atoms with van der Waals surface area (Å²) >= 11 is 5.44. The third-order valence-electron chi connectivity index (χ3n) is 5.66. The Morgan fingerprint density at radius 1 is 1.15 bits per heavy atom. The minimum Gasteiger partial charge on any atom is -0.339 e. The molecule has 27 heavy (non-hydrogen) atoms. The van der Waals surface area contributed by atoms with Crippen molar-refractivity contribution in [3.8, 4) is 0 Å². The number of nitrogens with one attached hydrogen (secondary N) is 1. The Morgan fingerprint density at radius 2 is 1.96 bits per heavy atom. The number of aromatic amines is 1. The van der Waals surface area contributed by atoms with E-state index in [4.69, 9.17) is 12.2 Å². The molecular formula is C21H25N3O2S. The number of likely N-dealkylation sites (tertiary alicyclic amines) is 1. The molecular weight excluding hydrogens is 358 g/mol. The normalized spacial score (nSPS) is 17.3. The molecule has 5 nitrogen and oxygen atoms in total. The van der Waals surface area contributed by atoms with Crippen molar-refractivity contribution >= 4 is 29.0 Å². The van der Waals surface area contributed by atoms with Gasteiger partial charge in [0.15, 0.2) is 4.77 Å². The van der Waals surface area contributed by atoms with Gasteiger partial charge in [0.05, 0.1) is 10.9 Å². The zero-order valence-electron chi connectivity index (χ0n) is 15.5. The van der Waals surface area contributed by atoms with E-state index >= 15 is 0 Å². The van der Waals surface area contributed by atoms with Crippen molar-refractivity contribution in [1.82, 2.24) is 14.5 Å². The Hall–Kier alpha value is -2.21. The molecule has 1 saturated heterocycles. The summed E-state index contributed by atoms with van der Waals surface area (Å²) in [5, 5.41) is 0.583. The standard InChI is InChI=1S/C21H25N3O2S/c25-19(23-11-4-5-12-23)16-8-9-17-18(14-16)22-21(27)24(20(17)26)13-10-15-6-2-1-3-7-15/h6,8-9,14H,1-5,7,10-13H2,(H,22,27). The summed E-state index contributed by atoms with van der Waals surface area (Å²) in [6, 6.07) is 5.28. The number of fused-ring (bicyclic) bond motifs is 1. The van der Waals surface area contributed by atoms with Crippen molar-refractivity contribution in [2.24, 2.45) is 0 Å². The van der Waals surface area contributed by atoms with Crippen LogP contribution in [0.25, 0.3) is 10.9 Å². The second-order valence-corrected chi connectivity index (χ2v) is 7.89. The van der Waals surface area contributed by atoms with E-state index in [0.717, 1.165) is 45.2 Å². The monoisotopic (exact) mass is 383 g/mol. The van der Waals surface area contributed by atoms with Gasteiger partial charge in [0.2, 0.25) is 0 Å². The van der Waals surface area contributed by atoms with Gasteiger partial charge in [-0.3, -0.25) is 14.2 Å². The maximum atomic E-state index is 12.9. The number of rotatable bonds is 4. The SMILES string of the molecule is O=C(c1ccc2c(=O)n(CCC3=CCCCC3)c(=S)[nH]c2c1)N1CCCC1. The van der Waals surface area contributed by atoms with E-state index in [-0.39, 0.29) is 11.5 Å². The lowest BCUT2D eigenvalue weighted by atomic mass is 9.97. The van der Waals surface area contributed by atoms with E-state index < -0.39 is 0 Å². The highest BCUT2D eigenvalue weighted by molar-refractivity contribution is 7.71. The van der Waals surface area contributed by atoms with E-state index in [2.05, 4.69) is 11.1 Å². The summed E-state index contributed by atoms with van der Waals surface area (Å²) in [4.78, 5) is 30.6. The summed E-state index contributed by atoms with van der Waals surface area (Å²) < 4.78 is 2.07. The van der Waals surface area contributed by atoms with Crippen LogP contribution in [0, 0.1) is 4.77 Å². The van der Waals surface area contributed by atoms with Crippen LogP contribution < -0.4 is 5.56 Å². The van der Waals surface area contributed by atoms with Crippen molar-refractivity contribution < 1.29 is 4.79 Å². The minimum atomic E-state index is -0.0784. The predicted molar refractivity (Wildman–Crippen MR) is 110 cm³/mol. The van der Waals surface area contributed by atoms with Crippen LogP contribution in [0.2, 0.25) is 0 Å². The molecule has 0 saturated carbocycles. The van der Waals surface area contributed by atoms with Crippen LogP contribution in [-0.4, -0.2) is 33.4 Å². The average molecular weight is 384 g/mol. The van der Waals surface area contributed by atoms with Gasteiger partial charge < -0.3 is 9.88 Å². The molecule has 142 valence electrons. The molecule has 6 heteroatoms. The van der Waals surface area contributed by atoms with E-state index in [1.54, 1.807) is 22.8 Å². The molecule has 0 atom stereocenters. The topological polar surface area (TPSA) is 58.1 Å². The van der Waals surface area contributed by atoms with Crippen molar-refractivity contribution in [1.29, 1.82) is 0 Å². The van der Waals surface area contributed by atoms with Crippen LogP contribution in [0.1, 0.15) is 55.3 Å². The van der Waals surface area contributed by atoms with E-state index in [1.165, 1.54) is 18.4 Å². The molecule has 1 N–H and O–H groups in total. The lowest BCUT2D eigenvalue weighted by Gasteiger charge is -2.16. The molecule has 1 aliphatic carbocycles.